The zero-order chi connectivity index (χ0) is 14.0. The molecule has 21 heavy (non-hydrogen) atoms. The van der Waals surface area contributed by atoms with Gasteiger partial charge in [-0.1, -0.05) is 5.16 Å². The normalized spacial score (nSPS) is 42.4. The maximum Gasteiger partial charge on any atom is 0.227 e. The average Bonchev–Trinajstić information content (AvgIpc) is 3.17. The zero-order valence-corrected chi connectivity index (χ0v) is 12.6. The molecule has 0 amide bonds. The number of rotatable bonds is 4. The fraction of sp³-hybridized carbons (Fsp3) is 0.882. The summed E-state index contributed by atoms with van der Waals surface area (Å²) in [4.78, 5) is 4.64. The molecule has 5 saturated carbocycles. The lowest BCUT2D eigenvalue weighted by Crippen LogP contribution is -2.47. The standard InChI is InChI=1S/C17H25N3O/c18-15(13-1-2-13)16-19-14(21-20-16)9-17-6-10-3-11(7-17)5-12(4-10)8-17/h10-13,15H,1-9,18H2. The number of hydrogen-bond acceptors (Lipinski definition) is 4. The van der Waals surface area contributed by atoms with Crippen LogP contribution < -0.4 is 5.73 Å². The van der Waals surface area contributed by atoms with Gasteiger partial charge in [0.25, 0.3) is 0 Å². The molecule has 114 valence electrons. The van der Waals surface area contributed by atoms with Crippen LogP contribution in [0.15, 0.2) is 4.52 Å². The summed E-state index contributed by atoms with van der Waals surface area (Å²) in [5.41, 5.74) is 6.66. The molecule has 1 unspecified atom stereocenters. The summed E-state index contributed by atoms with van der Waals surface area (Å²) in [6.45, 7) is 0. The SMILES string of the molecule is NC(c1noc(CC23CC4CC(CC(C4)C2)C3)n1)C1CC1. The van der Waals surface area contributed by atoms with Gasteiger partial charge >= 0.3 is 0 Å². The molecule has 5 aliphatic rings. The Hall–Kier alpha value is -0.900. The van der Waals surface area contributed by atoms with Crippen molar-refractivity contribution < 1.29 is 4.52 Å². The molecule has 0 radical (unpaired) electrons. The predicted octanol–water partition coefficient (Wildman–Crippen LogP) is 3.24. The molecule has 1 aromatic rings. The van der Waals surface area contributed by atoms with Crippen molar-refractivity contribution >= 4 is 0 Å². The lowest BCUT2D eigenvalue weighted by atomic mass is 9.49. The van der Waals surface area contributed by atoms with E-state index in [9.17, 15) is 0 Å². The molecule has 4 bridgehead atoms. The molecule has 1 atom stereocenters. The van der Waals surface area contributed by atoms with E-state index in [0.717, 1.165) is 35.9 Å². The van der Waals surface area contributed by atoms with Gasteiger partial charge in [-0.15, -0.1) is 0 Å². The third-order valence-corrected chi connectivity index (χ3v) is 6.60. The summed E-state index contributed by atoms with van der Waals surface area (Å²) in [7, 11) is 0. The third-order valence-electron chi connectivity index (χ3n) is 6.60. The largest absolute Gasteiger partial charge is 0.339 e. The summed E-state index contributed by atoms with van der Waals surface area (Å²) in [6.07, 6.45) is 12.1. The molecule has 0 aromatic carbocycles. The first-order chi connectivity index (χ1) is 10.2. The minimum Gasteiger partial charge on any atom is -0.339 e. The summed E-state index contributed by atoms with van der Waals surface area (Å²) in [5, 5.41) is 4.16. The first-order valence-corrected chi connectivity index (χ1v) is 8.77. The van der Waals surface area contributed by atoms with Gasteiger partial charge in [0.05, 0.1) is 6.04 Å². The van der Waals surface area contributed by atoms with E-state index in [1.165, 1.54) is 51.4 Å². The smallest absolute Gasteiger partial charge is 0.227 e. The average molecular weight is 287 g/mol. The van der Waals surface area contributed by atoms with E-state index in [4.69, 9.17) is 10.3 Å². The highest BCUT2D eigenvalue weighted by atomic mass is 16.5. The van der Waals surface area contributed by atoms with Crippen molar-refractivity contribution in [1.82, 2.24) is 10.1 Å². The van der Waals surface area contributed by atoms with Gasteiger partial charge in [-0.05, 0) is 80.5 Å². The van der Waals surface area contributed by atoms with Crippen LogP contribution in [0.5, 0.6) is 0 Å². The minimum atomic E-state index is -0.00105. The molecule has 6 rings (SSSR count). The molecule has 1 aromatic heterocycles. The van der Waals surface area contributed by atoms with E-state index in [1.807, 2.05) is 0 Å². The molecule has 0 spiro atoms. The quantitative estimate of drug-likeness (QED) is 0.923. The molecule has 5 fully saturated rings. The molecule has 4 nitrogen and oxygen atoms in total. The molecule has 0 saturated heterocycles. The van der Waals surface area contributed by atoms with Crippen LogP contribution in [0.3, 0.4) is 0 Å². The fourth-order valence-electron chi connectivity index (χ4n) is 5.97. The van der Waals surface area contributed by atoms with Gasteiger partial charge in [0, 0.05) is 6.42 Å². The van der Waals surface area contributed by atoms with E-state index < -0.39 is 0 Å². The van der Waals surface area contributed by atoms with Gasteiger partial charge in [0.15, 0.2) is 5.82 Å². The Balaban J connectivity index is 1.35. The Bertz CT molecular complexity index is 513. The van der Waals surface area contributed by atoms with Crippen LogP contribution in [0.2, 0.25) is 0 Å². The summed E-state index contributed by atoms with van der Waals surface area (Å²) < 4.78 is 5.56. The van der Waals surface area contributed by atoms with Crippen LogP contribution in [0.4, 0.5) is 0 Å². The maximum absolute atomic E-state index is 6.19. The van der Waals surface area contributed by atoms with E-state index in [-0.39, 0.29) is 6.04 Å². The lowest BCUT2D eigenvalue weighted by molar-refractivity contribution is -0.0556. The number of aromatic nitrogens is 2. The van der Waals surface area contributed by atoms with Crippen molar-refractivity contribution in [2.24, 2.45) is 34.8 Å². The maximum atomic E-state index is 6.19. The predicted molar refractivity (Wildman–Crippen MR) is 78.3 cm³/mol. The Morgan fingerprint density at radius 2 is 1.71 bits per heavy atom. The molecule has 2 N–H and O–H groups in total. The van der Waals surface area contributed by atoms with Gasteiger partial charge in [-0.3, -0.25) is 0 Å². The highest BCUT2D eigenvalue weighted by Crippen LogP contribution is 2.60. The van der Waals surface area contributed by atoms with Crippen LogP contribution in [0.1, 0.15) is 69.1 Å². The number of hydrogen-bond donors (Lipinski definition) is 1. The van der Waals surface area contributed by atoms with Crippen LogP contribution in [0.25, 0.3) is 0 Å². The van der Waals surface area contributed by atoms with Gasteiger partial charge in [0.1, 0.15) is 0 Å². The highest BCUT2D eigenvalue weighted by Gasteiger charge is 2.51. The van der Waals surface area contributed by atoms with Crippen LogP contribution in [-0.4, -0.2) is 10.1 Å². The highest BCUT2D eigenvalue weighted by molar-refractivity contribution is 5.06. The van der Waals surface area contributed by atoms with E-state index in [0.29, 0.717) is 11.3 Å². The van der Waals surface area contributed by atoms with Gasteiger partial charge in [-0.25, -0.2) is 0 Å². The molecular formula is C17H25N3O. The molecule has 0 aliphatic heterocycles. The lowest BCUT2D eigenvalue weighted by Gasteiger charge is -2.56. The molecular weight excluding hydrogens is 262 g/mol. The van der Waals surface area contributed by atoms with Crippen molar-refractivity contribution in [2.45, 2.75) is 63.8 Å². The molecule has 5 aliphatic carbocycles. The monoisotopic (exact) mass is 287 g/mol. The Kier molecular flexibility index (Phi) is 2.59. The topological polar surface area (TPSA) is 64.9 Å². The second kappa shape index (κ2) is 4.31. The Morgan fingerprint density at radius 1 is 1.10 bits per heavy atom. The second-order valence-corrected chi connectivity index (χ2v) is 8.50. The van der Waals surface area contributed by atoms with E-state index in [1.54, 1.807) is 0 Å². The first kappa shape index (κ1) is 12.6. The second-order valence-electron chi connectivity index (χ2n) is 8.50. The molecule has 4 heteroatoms. The number of nitrogens with zero attached hydrogens (tertiary/aromatic N) is 2. The Morgan fingerprint density at radius 3 is 2.29 bits per heavy atom. The molecule has 1 heterocycles. The minimum absolute atomic E-state index is 0.00105. The zero-order valence-electron chi connectivity index (χ0n) is 12.6. The van der Waals surface area contributed by atoms with Crippen molar-refractivity contribution in [3.63, 3.8) is 0 Å². The van der Waals surface area contributed by atoms with Gasteiger partial charge in [0.2, 0.25) is 5.89 Å². The van der Waals surface area contributed by atoms with Crippen molar-refractivity contribution in [3.05, 3.63) is 11.7 Å². The third kappa shape index (κ3) is 2.14. The van der Waals surface area contributed by atoms with Crippen LogP contribution in [0, 0.1) is 29.1 Å². The van der Waals surface area contributed by atoms with Crippen LogP contribution >= 0.6 is 0 Å². The van der Waals surface area contributed by atoms with Crippen LogP contribution in [-0.2, 0) is 6.42 Å². The van der Waals surface area contributed by atoms with E-state index in [2.05, 4.69) is 10.1 Å². The van der Waals surface area contributed by atoms with Crippen molar-refractivity contribution in [3.8, 4) is 0 Å². The van der Waals surface area contributed by atoms with Gasteiger partial charge in [-0.2, -0.15) is 4.98 Å². The van der Waals surface area contributed by atoms with Gasteiger partial charge < -0.3 is 10.3 Å². The van der Waals surface area contributed by atoms with E-state index >= 15 is 0 Å². The number of nitrogens with two attached hydrogens (primary N) is 1. The van der Waals surface area contributed by atoms with Crippen molar-refractivity contribution in [2.75, 3.05) is 0 Å². The summed E-state index contributed by atoms with van der Waals surface area (Å²) in [5.74, 6) is 5.13. The fourth-order valence-corrected chi connectivity index (χ4v) is 5.97. The van der Waals surface area contributed by atoms with Crippen molar-refractivity contribution in [1.29, 1.82) is 0 Å². The first-order valence-electron chi connectivity index (χ1n) is 8.77. The summed E-state index contributed by atoms with van der Waals surface area (Å²) in [6, 6.07) is -0.00105. The Labute approximate surface area is 125 Å². The summed E-state index contributed by atoms with van der Waals surface area (Å²) >= 11 is 0.